The van der Waals surface area contributed by atoms with Gasteiger partial charge in [0.05, 0.1) is 11.6 Å². The minimum atomic E-state index is -0.960. The summed E-state index contributed by atoms with van der Waals surface area (Å²) in [5.74, 6) is -0.199. The number of carbonyl (C=O) groups is 1. The first-order valence-corrected chi connectivity index (χ1v) is 6.29. The third-order valence-corrected chi connectivity index (χ3v) is 3.93. The lowest BCUT2D eigenvalue weighted by Gasteiger charge is -2.30. The molecule has 0 saturated carbocycles. The molecule has 1 fully saturated rings. The number of hydrogen-bond donors (Lipinski definition) is 3. The van der Waals surface area contributed by atoms with Crippen molar-refractivity contribution >= 4 is 5.91 Å². The van der Waals surface area contributed by atoms with E-state index in [2.05, 4.69) is 5.32 Å². The lowest BCUT2D eigenvalue weighted by atomic mass is 9.91. The molecule has 1 amide bonds. The second-order valence-corrected chi connectivity index (χ2v) is 4.91. The van der Waals surface area contributed by atoms with Gasteiger partial charge in [-0.2, -0.15) is 0 Å². The van der Waals surface area contributed by atoms with Crippen LogP contribution < -0.4 is 11.1 Å². The van der Waals surface area contributed by atoms with Crippen molar-refractivity contribution in [3.8, 4) is 0 Å². The molecule has 0 radical (unpaired) electrons. The van der Waals surface area contributed by atoms with E-state index in [1.807, 2.05) is 20.8 Å². The average Bonchev–Trinajstić information content (AvgIpc) is 2.66. The molecule has 2 unspecified atom stereocenters. The van der Waals surface area contributed by atoms with Crippen molar-refractivity contribution < 1.29 is 14.6 Å². The van der Waals surface area contributed by atoms with Crippen LogP contribution in [0.3, 0.4) is 0 Å². The highest BCUT2D eigenvalue weighted by Gasteiger charge is 2.41. The maximum absolute atomic E-state index is 11.9. The first kappa shape index (κ1) is 14.4. The Morgan fingerprint density at radius 1 is 1.59 bits per heavy atom. The van der Waals surface area contributed by atoms with Gasteiger partial charge in [-0.1, -0.05) is 13.8 Å². The minimum absolute atomic E-state index is 0.199. The Kier molecular flexibility index (Phi) is 4.52. The van der Waals surface area contributed by atoms with Gasteiger partial charge in [-0.25, -0.2) is 0 Å². The van der Waals surface area contributed by atoms with Crippen LogP contribution in [0.25, 0.3) is 0 Å². The lowest BCUT2D eigenvalue weighted by Crippen LogP contribution is -2.57. The van der Waals surface area contributed by atoms with Gasteiger partial charge >= 0.3 is 0 Å². The molecule has 100 valence electrons. The van der Waals surface area contributed by atoms with Gasteiger partial charge in [0.25, 0.3) is 0 Å². The van der Waals surface area contributed by atoms with E-state index in [4.69, 9.17) is 10.5 Å². The van der Waals surface area contributed by atoms with E-state index in [1.54, 1.807) is 0 Å². The van der Waals surface area contributed by atoms with Crippen LogP contribution in [0.5, 0.6) is 0 Å². The van der Waals surface area contributed by atoms with Gasteiger partial charge in [-0.3, -0.25) is 4.79 Å². The van der Waals surface area contributed by atoms with Gasteiger partial charge in [-0.05, 0) is 19.8 Å². The Hall–Kier alpha value is -0.650. The van der Waals surface area contributed by atoms with Crippen molar-refractivity contribution in [2.75, 3.05) is 13.2 Å². The van der Waals surface area contributed by atoms with Gasteiger partial charge in [0, 0.05) is 19.6 Å². The number of amides is 1. The summed E-state index contributed by atoms with van der Waals surface area (Å²) in [7, 11) is 0. The largest absolute Gasteiger partial charge is 0.385 e. The average molecular weight is 244 g/mol. The summed E-state index contributed by atoms with van der Waals surface area (Å²) in [6.07, 6.45) is 1.46. The molecule has 0 aromatic rings. The van der Waals surface area contributed by atoms with Crippen molar-refractivity contribution in [3.63, 3.8) is 0 Å². The van der Waals surface area contributed by atoms with Crippen LogP contribution in [-0.4, -0.2) is 41.4 Å². The highest BCUT2D eigenvalue weighted by atomic mass is 16.5. The quantitative estimate of drug-likeness (QED) is 0.643. The van der Waals surface area contributed by atoms with Crippen LogP contribution in [-0.2, 0) is 9.53 Å². The number of ether oxygens (including phenoxy) is 1. The predicted molar refractivity (Wildman–Crippen MR) is 65.5 cm³/mol. The van der Waals surface area contributed by atoms with Crippen molar-refractivity contribution in [2.24, 2.45) is 5.73 Å². The zero-order valence-electron chi connectivity index (χ0n) is 11.0. The predicted octanol–water partition coefficient (Wildman–Crippen LogP) is 0.160. The smallest absolute Gasteiger partial charge is 0.240 e. The Bertz CT molecular complexity index is 279. The summed E-state index contributed by atoms with van der Waals surface area (Å²) in [6.45, 7) is 6.32. The molecule has 5 heteroatoms. The van der Waals surface area contributed by atoms with E-state index in [9.17, 15) is 9.90 Å². The second-order valence-electron chi connectivity index (χ2n) is 4.91. The fourth-order valence-electron chi connectivity index (χ4n) is 1.98. The van der Waals surface area contributed by atoms with Gasteiger partial charge in [0.1, 0.15) is 5.60 Å². The fourth-order valence-corrected chi connectivity index (χ4v) is 1.98. The molecular formula is C12H24N2O3. The first-order valence-electron chi connectivity index (χ1n) is 6.29. The molecule has 5 nitrogen and oxygen atoms in total. The van der Waals surface area contributed by atoms with E-state index < -0.39 is 11.1 Å². The molecule has 0 spiro atoms. The number of aliphatic hydroxyl groups is 1. The molecular weight excluding hydrogens is 220 g/mol. The van der Waals surface area contributed by atoms with E-state index in [0.29, 0.717) is 25.9 Å². The third kappa shape index (κ3) is 2.97. The van der Waals surface area contributed by atoms with Gasteiger partial charge in [-0.15, -0.1) is 0 Å². The molecule has 0 aromatic heterocycles. The molecule has 17 heavy (non-hydrogen) atoms. The second kappa shape index (κ2) is 5.33. The Morgan fingerprint density at radius 2 is 2.18 bits per heavy atom. The third-order valence-electron chi connectivity index (χ3n) is 3.93. The molecule has 1 heterocycles. The van der Waals surface area contributed by atoms with Gasteiger partial charge < -0.3 is 20.9 Å². The summed E-state index contributed by atoms with van der Waals surface area (Å²) in [5, 5.41) is 13.0. The molecule has 2 atom stereocenters. The van der Waals surface area contributed by atoms with E-state index in [0.717, 1.165) is 0 Å². The number of nitrogens with one attached hydrogen (secondary N) is 1. The Labute approximate surface area is 103 Å². The number of hydrogen-bond acceptors (Lipinski definition) is 4. The number of rotatable bonds is 5. The molecule has 1 rings (SSSR count). The van der Waals surface area contributed by atoms with Crippen molar-refractivity contribution in [2.45, 2.75) is 57.3 Å². The lowest BCUT2D eigenvalue weighted by molar-refractivity contribution is -0.128. The maximum Gasteiger partial charge on any atom is 0.240 e. The minimum Gasteiger partial charge on any atom is -0.385 e. The molecule has 1 aliphatic rings. The van der Waals surface area contributed by atoms with Crippen LogP contribution in [0.15, 0.2) is 0 Å². The van der Waals surface area contributed by atoms with Crippen molar-refractivity contribution in [1.82, 2.24) is 5.32 Å². The number of carbonyl (C=O) groups excluding carboxylic acids is 1. The molecule has 4 N–H and O–H groups in total. The fraction of sp³-hybridized carbons (Fsp3) is 0.917. The summed E-state index contributed by atoms with van der Waals surface area (Å²) < 4.78 is 5.31. The van der Waals surface area contributed by atoms with Crippen molar-refractivity contribution in [1.29, 1.82) is 0 Å². The highest BCUT2D eigenvalue weighted by molar-refractivity contribution is 5.85. The summed E-state index contributed by atoms with van der Waals surface area (Å²) in [5.41, 5.74) is 4.18. The Morgan fingerprint density at radius 3 is 2.59 bits per heavy atom. The number of nitrogens with two attached hydrogens (primary N) is 1. The topological polar surface area (TPSA) is 84.6 Å². The van der Waals surface area contributed by atoms with Gasteiger partial charge in [0.15, 0.2) is 0 Å². The van der Waals surface area contributed by atoms with Crippen LogP contribution >= 0.6 is 0 Å². The molecule has 1 saturated heterocycles. The van der Waals surface area contributed by atoms with E-state index >= 15 is 0 Å². The van der Waals surface area contributed by atoms with Crippen LogP contribution in [0.2, 0.25) is 0 Å². The Balaban J connectivity index is 2.53. The van der Waals surface area contributed by atoms with Crippen LogP contribution in [0, 0.1) is 0 Å². The summed E-state index contributed by atoms with van der Waals surface area (Å²) in [4.78, 5) is 11.9. The molecule has 0 aromatic carbocycles. The highest BCUT2D eigenvalue weighted by Crippen LogP contribution is 2.25. The standard InChI is InChI=1S/C12H24N2O3/c1-4-11(13,5-2)10(15)14-8-12(16)6-7-17-9(12)3/h9,16H,4-8,13H2,1-3H3,(H,14,15). The van der Waals surface area contributed by atoms with Crippen LogP contribution in [0.4, 0.5) is 0 Å². The normalized spacial score (nSPS) is 29.4. The first-order chi connectivity index (χ1) is 7.88. The molecule has 0 aliphatic carbocycles. The van der Waals surface area contributed by atoms with E-state index in [-0.39, 0.29) is 18.6 Å². The summed E-state index contributed by atoms with van der Waals surface area (Å²) in [6, 6.07) is 0. The molecule has 1 aliphatic heterocycles. The van der Waals surface area contributed by atoms with Crippen molar-refractivity contribution in [3.05, 3.63) is 0 Å². The SMILES string of the molecule is CCC(N)(CC)C(=O)NCC1(O)CCOC1C. The monoisotopic (exact) mass is 244 g/mol. The van der Waals surface area contributed by atoms with Crippen LogP contribution in [0.1, 0.15) is 40.0 Å². The maximum atomic E-state index is 11.9. The summed E-state index contributed by atoms with van der Waals surface area (Å²) >= 11 is 0. The zero-order chi connectivity index (χ0) is 13.1. The molecule has 0 bridgehead atoms. The zero-order valence-corrected chi connectivity index (χ0v) is 11.0. The van der Waals surface area contributed by atoms with E-state index in [1.165, 1.54) is 0 Å². The van der Waals surface area contributed by atoms with Gasteiger partial charge in [0.2, 0.25) is 5.91 Å².